The molecule has 0 aromatic carbocycles. The number of carbonyl (C=O) groups is 1. The maximum atomic E-state index is 11.6. The summed E-state index contributed by atoms with van der Waals surface area (Å²) in [6.07, 6.45) is 4.98. The standard InChI is InChI=1S/C16H22N4O/c1-9(10-2-3-10)18-7-11-6-12(15(17)21)20-14-13(11)19-8-16(14)4-5-16/h6,9-10,18-19H,2-5,7-8H2,1H3,(H2,17,21)/t9-/m0/s1. The zero-order chi connectivity index (χ0) is 14.6. The third kappa shape index (κ3) is 2.20. The summed E-state index contributed by atoms with van der Waals surface area (Å²) in [6, 6.07) is 2.38. The third-order valence-electron chi connectivity index (χ3n) is 5.26. The van der Waals surface area contributed by atoms with Gasteiger partial charge in [0, 0.05) is 24.5 Å². The number of pyridine rings is 1. The molecule has 2 aliphatic carbocycles. The Morgan fingerprint density at radius 3 is 2.95 bits per heavy atom. The first-order chi connectivity index (χ1) is 10.1. The molecule has 0 saturated heterocycles. The molecule has 1 aromatic rings. The summed E-state index contributed by atoms with van der Waals surface area (Å²) in [4.78, 5) is 16.1. The highest BCUT2D eigenvalue weighted by atomic mass is 16.1. The van der Waals surface area contributed by atoms with E-state index in [1.807, 2.05) is 6.07 Å². The van der Waals surface area contributed by atoms with Crippen molar-refractivity contribution < 1.29 is 4.79 Å². The molecule has 0 unspecified atom stereocenters. The van der Waals surface area contributed by atoms with Crippen LogP contribution in [0.4, 0.5) is 5.69 Å². The Hall–Kier alpha value is -1.62. The van der Waals surface area contributed by atoms with Gasteiger partial charge in [0.1, 0.15) is 5.69 Å². The van der Waals surface area contributed by atoms with Gasteiger partial charge in [-0.15, -0.1) is 0 Å². The molecule has 5 heteroatoms. The number of rotatable bonds is 5. The van der Waals surface area contributed by atoms with Crippen LogP contribution in [0.2, 0.25) is 0 Å². The minimum Gasteiger partial charge on any atom is -0.382 e. The van der Waals surface area contributed by atoms with E-state index in [0.29, 0.717) is 11.7 Å². The minimum absolute atomic E-state index is 0.178. The zero-order valence-electron chi connectivity index (χ0n) is 12.4. The summed E-state index contributed by atoms with van der Waals surface area (Å²) >= 11 is 0. The SMILES string of the molecule is C[C@H](NCc1cc(C(N)=O)nc2c1NCC21CC1)C1CC1. The number of aromatic nitrogens is 1. The van der Waals surface area contributed by atoms with E-state index in [-0.39, 0.29) is 5.41 Å². The second kappa shape index (κ2) is 4.44. The second-order valence-electron chi connectivity index (χ2n) is 6.90. The molecule has 21 heavy (non-hydrogen) atoms. The highest BCUT2D eigenvalue weighted by Crippen LogP contribution is 2.54. The van der Waals surface area contributed by atoms with E-state index >= 15 is 0 Å². The number of carbonyl (C=O) groups excluding carboxylic acids is 1. The second-order valence-corrected chi connectivity index (χ2v) is 6.90. The van der Waals surface area contributed by atoms with Crippen molar-refractivity contribution >= 4 is 11.6 Å². The van der Waals surface area contributed by atoms with E-state index < -0.39 is 5.91 Å². The average molecular weight is 286 g/mol. The van der Waals surface area contributed by atoms with Crippen molar-refractivity contribution in [2.24, 2.45) is 11.7 Å². The number of hydrogen-bond donors (Lipinski definition) is 3. The highest BCUT2D eigenvalue weighted by Gasteiger charge is 2.51. The molecule has 1 atom stereocenters. The Morgan fingerprint density at radius 2 is 2.33 bits per heavy atom. The van der Waals surface area contributed by atoms with Crippen LogP contribution in [0.5, 0.6) is 0 Å². The normalized spacial score (nSPS) is 22.7. The Balaban J connectivity index is 1.63. The average Bonchev–Trinajstić information content (AvgIpc) is 3.34. The van der Waals surface area contributed by atoms with Gasteiger partial charge in [0.05, 0.1) is 11.4 Å². The molecule has 0 radical (unpaired) electrons. The van der Waals surface area contributed by atoms with Crippen LogP contribution in [0.15, 0.2) is 6.07 Å². The molecular weight excluding hydrogens is 264 g/mol. The van der Waals surface area contributed by atoms with Gasteiger partial charge in [-0.3, -0.25) is 4.79 Å². The lowest BCUT2D eigenvalue weighted by molar-refractivity contribution is 0.0995. The van der Waals surface area contributed by atoms with E-state index in [4.69, 9.17) is 5.73 Å². The van der Waals surface area contributed by atoms with Crippen LogP contribution in [0.25, 0.3) is 0 Å². The van der Waals surface area contributed by atoms with Gasteiger partial charge in [0.25, 0.3) is 5.91 Å². The first-order valence-electron chi connectivity index (χ1n) is 7.90. The fourth-order valence-corrected chi connectivity index (χ4v) is 3.38. The third-order valence-corrected chi connectivity index (χ3v) is 5.26. The summed E-state index contributed by atoms with van der Waals surface area (Å²) in [5, 5.41) is 7.09. The van der Waals surface area contributed by atoms with E-state index in [1.165, 1.54) is 12.8 Å². The first kappa shape index (κ1) is 13.1. The van der Waals surface area contributed by atoms with Gasteiger partial charge in [-0.05, 0) is 50.2 Å². The van der Waals surface area contributed by atoms with Crippen molar-refractivity contribution in [3.8, 4) is 0 Å². The van der Waals surface area contributed by atoms with E-state index in [2.05, 4.69) is 22.5 Å². The first-order valence-corrected chi connectivity index (χ1v) is 7.90. The summed E-state index contributed by atoms with van der Waals surface area (Å²) in [5.74, 6) is 0.384. The molecule has 5 nitrogen and oxygen atoms in total. The van der Waals surface area contributed by atoms with Gasteiger partial charge in [-0.25, -0.2) is 4.98 Å². The maximum absolute atomic E-state index is 11.6. The predicted octanol–water partition coefficient (Wildman–Crippen LogP) is 1.53. The molecule has 2 heterocycles. The molecule has 0 bridgehead atoms. The fraction of sp³-hybridized carbons (Fsp3) is 0.625. The molecule has 2 fully saturated rings. The number of fused-ring (bicyclic) bond motifs is 2. The van der Waals surface area contributed by atoms with Crippen LogP contribution in [-0.4, -0.2) is 23.5 Å². The van der Waals surface area contributed by atoms with Gasteiger partial charge in [0.2, 0.25) is 0 Å². The highest BCUT2D eigenvalue weighted by molar-refractivity contribution is 5.92. The number of amides is 1. The largest absolute Gasteiger partial charge is 0.382 e. The van der Waals surface area contributed by atoms with Crippen molar-refractivity contribution in [1.82, 2.24) is 10.3 Å². The minimum atomic E-state index is -0.433. The van der Waals surface area contributed by atoms with E-state index in [0.717, 1.165) is 48.8 Å². The van der Waals surface area contributed by atoms with E-state index in [9.17, 15) is 4.79 Å². The number of nitrogens with zero attached hydrogens (tertiary/aromatic N) is 1. The summed E-state index contributed by atoms with van der Waals surface area (Å²) < 4.78 is 0. The summed E-state index contributed by atoms with van der Waals surface area (Å²) in [6.45, 7) is 3.96. The molecule has 3 aliphatic rings. The Kier molecular flexibility index (Phi) is 2.76. The molecule has 1 aromatic heterocycles. The van der Waals surface area contributed by atoms with Gasteiger partial charge in [0.15, 0.2) is 0 Å². The van der Waals surface area contributed by atoms with Crippen LogP contribution in [0, 0.1) is 5.92 Å². The van der Waals surface area contributed by atoms with Gasteiger partial charge >= 0.3 is 0 Å². The lowest BCUT2D eigenvalue weighted by atomic mass is 10.0. The number of hydrogen-bond acceptors (Lipinski definition) is 4. The summed E-state index contributed by atoms with van der Waals surface area (Å²) in [5.41, 5.74) is 9.36. The molecule has 1 amide bonds. The molecule has 112 valence electrons. The Labute approximate surface area is 124 Å². The lowest BCUT2D eigenvalue weighted by Crippen LogP contribution is -2.28. The molecule has 1 spiro atoms. The van der Waals surface area contributed by atoms with Gasteiger partial charge < -0.3 is 16.4 Å². The van der Waals surface area contributed by atoms with Crippen LogP contribution in [0.3, 0.4) is 0 Å². The van der Waals surface area contributed by atoms with Crippen LogP contribution in [-0.2, 0) is 12.0 Å². The zero-order valence-corrected chi connectivity index (χ0v) is 12.4. The Bertz CT molecular complexity index is 605. The number of nitrogens with one attached hydrogen (secondary N) is 2. The quantitative estimate of drug-likeness (QED) is 0.767. The fourth-order valence-electron chi connectivity index (χ4n) is 3.38. The van der Waals surface area contributed by atoms with Crippen molar-refractivity contribution in [1.29, 1.82) is 0 Å². The van der Waals surface area contributed by atoms with E-state index in [1.54, 1.807) is 0 Å². The number of nitrogens with two attached hydrogens (primary N) is 1. The van der Waals surface area contributed by atoms with Crippen molar-refractivity contribution in [3.05, 3.63) is 23.0 Å². The van der Waals surface area contributed by atoms with Crippen molar-refractivity contribution in [2.45, 2.75) is 50.6 Å². The maximum Gasteiger partial charge on any atom is 0.267 e. The lowest BCUT2D eigenvalue weighted by Gasteiger charge is -2.16. The van der Waals surface area contributed by atoms with Gasteiger partial charge in [-0.1, -0.05) is 0 Å². The molecule has 4 rings (SSSR count). The molecule has 1 aliphatic heterocycles. The monoisotopic (exact) mass is 286 g/mol. The van der Waals surface area contributed by atoms with Crippen molar-refractivity contribution in [2.75, 3.05) is 11.9 Å². The number of primary amides is 1. The smallest absolute Gasteiger partial charge is 0.267 e. The van der Waals surface area contributed by atoms with Crippen LogP contribution < -0.4 is 16.4 Å². The molecular formula is C16H22N4O. The predicted molar refractivity (Wildman–Crippen MR) is 81.2 cm³/mol. The van der Waals surface area contributed by atoms with Crippen molar-refractivity contribution in [3.63, 3.8) is 0 Å². The van der Waals surface area contributed by atoms with Gasteiger partial charge in [-0.2, -0.15) is 0 Å². The molecule has 2 saturated carbocycles. The Morgan fingerprint density at radius 1 is 1.57 bits per heavy atom. The van der Waals surface area contributed by atoms with Crippen LogP contribution in [0.1, 0.15) is 54.4 Å². The number of anilines is 1. The summed E-state index contributed by atoms with van der Waals surface area (Å²) in [7, 11) is 0. The van der Waals surface area contributed by atoms with Crippen LogP contribution >= 0.6 is 0 Å². The molecule has 4 N–H and O–H groups in total. The topological polar surface area (TPSA) is 80.0 Å².